The van der Waals surface area contributed by atoms with Crippen LogP contribution in [-0.4, -0.2) is 72.2 Å². The zero-order valence-corrected chi connectivity index (χ0v) is 40.9. The molecule has 0 aromatic heterocycles. The number of rotatable bonds is 16. The van der Waals surface area contributed by atoms with E-state index in [2.05, 4.69) is 26.2 Å². The van der Waals surface area contributed by atoms with Gasteiger partial charge in [-0.1, -0.05) is 0 Å². The maximum Gasteiger partial charge on any atom is 0.260 e. The molecule has 188 valence electrons. The van der Waals surface area contributed by atoms with Gasteiger partial charge in [-0.25, -0.2) is 10.9 Å². The van der Waals surface area contributed by atoms with Gasteiger partial charge in [0.2, 0.25) is 0 Å². The van der Waals surface area contributed by atoms with E-state index in [1.807, 2.05) is 0 Å². The molecule has 4 atom stereocenters. The minimum absolute atomic E-state index is 0. The molecule has 6 radical (unpaired) electrons. The second-order valence-corrected chi connectivity index (χ2v) is 9.91. The van der Waals surface area contributed by atoms with Gasteiger partial charge in [-0.05, 0) is 0 Å². The largest absolute Gasteiger partial charge is 0.329 e. The predicted octanol–water partition coefficient (Wildman–Crippen LogP) is 0.115. The molecule has 0 heterocycles. The van der Waals surface area contributed by atoms with Crippen molar-refractivity contribution in [1.82, 2.24) is 21.7 Å². The molecule has 34 heavy (non-hydrogen) atoms. The monoisotopic (exact) mass is 1020 g/mol. The summed E-state index contributed by atoms with van der Waals surface area (Å²) in [5.74, 6) is -0.417. The Morgan fingerprint density at radius 1 is 0.588 bits per heavy atom. The van der Waals surface area contributed by atoms with Gasteiger partial charge in [0.1, 0.15) is 13.3 Å². The van der Waals surface area contributed by atoms with Crippen molar-refractivity contribution in [1.29, 1.82) is 0 Å². The molecule has 13 nitrogen and oxygen atoms in total. The van der Waals surface area contributed by atoms with Crippen LogP contribution in [0.3, 0.4) is 0 Å². The van der Waals surface area contributed by atoms with Crippen molar-refractivity contribution < 1.29 is 237 Å². The van der Waals surface area contributed by atoms with Crippen molar-refractivity contribution in [3.8, 4) is 0 Å². The summed E-state index contributed by atoms with van der Waals surface area (Å²) in [5.41, 5.74) is 10.3. The van der Waals surface area contributed by atoms with Gasteiger partial charge in [-0.15, -0.1) is 0 Å². The Hall–Kier alpha value is 6.73. The summed E-state index contributed by atoms with van der Waals surface area (Å²) in [6, 6.07) is 0. The van der Waals surface area contributed by atoms with Crippen LogP contribution in [0.2, 0.25) is 0 Å². The molecule has 0 aliphatic rings. The zero-order chi connectivity index (χ0) is 21.8. The fraction of sp³-hybridized carbons (Fsp3) is 0.909. The summed E-state index contributed by atoms with van der Waals surface area (Å²) in [5, 5.41) is 0. The van der Waals surface area contributed by atoms with E-state index < -0.39 is 38.0 Å². The molecule has 0 aliphatic carbocycles. The summed E-state index contributed by atoms with van der Waals surface area (Å²) < 4.78 is 60.9. The van der Waals surface area contributed by atoms with Crippen LogP contribution in [0.25, 0.3) is 0 Å². The molecule has 0 bridgehead atoms. The standard InChI is InChI=1S/C6H16N2O5P2.C5H16N2O4P2.6Y/c1-14(10)12-4-3-7-8-6(9)5-13-15(2)11;1-12(8)10-4-3-6-7-5-11-13(2)9;;;;;;/h7,14-15H,3-5H2,1-2H3,(H,8,9);6-7,12-13H,3-5H2,1-2H3;;;;;;. The van der Waals surface area contributed by atoms with Crippen LogP contribution in [0.5, 0.6) is 0 Å². The predicted molar refractivity (Wildman–Crippen MR) is 111 cm³/mol. The first-order valence-corrected chi connectivity index (χ1v) is 15.4. The summed E-state index contributed by atoms with van der Waals surface area (Å²) in [4.78, 5) is 10.9. The molecule has 0 rings (SSSR count). The van der Waals surface area contributed by atoms with Gasteiger partial charge in [-0.3, -0.25) is 33.9 Å². The van der Waals surface area contributed by atoms with E-state index >= 15 is 0 Å². The summed E-state index contributed by atoms with van der Waals surface area (Å²) in [6.07, 6.45) is 0. The second kappa shape index (κ2) is 46.7. The molecule has 0 aromatic rings. The SMILES string of the molecule is C[PH](=O)OCCNNC(=O)CO[PH](C)=O.C[PH](=O)OCCNNCO[PH](C)=O.[Y].[Y].[Y].[Y].[Y].[Y]. The van der Waals surface area contributed by atoms with Gasteiger partial charge in [0.15, 0.2) is 32.1 Å². The first kappa shape index (κ1) is 60.0. The van der Waals surface area contributed by atoms with Gasteiger partial charge in [-0.2, -0.15) is 0 Å². The molecule has 0 aromatic carbocycles. The van der Waals surface area contributed by atoms with E-state index in [4.69, 9.17) is 13.6 Å². The number of hydrogen-bond donors (Lipinski definition) is 4. The third-order valence-electron chi connectivity index (χ3n) is 2.17. The fourth-order valence-electron chi connectivity index (χ4n) is 1.13. The summed E-state index contributed by atoms with van der Waals surface area (Å²) in [7, 11) is -7.70. The Kier molecular flexibility index (Phi) is 82.4. The number of hydrogen-bond acceptors (Lipinski definition) is 12. The summed E-state index contributed by atoms with van der Waals surface area (Å²) >= 11 is 0. The van der Waals surface area contributed by atoms with Crippen LogP contribution in [0.4, 0.5) is 0 Å². The number of amides is 1. The third-order valence-corrected chi connectivity index (χ3v) is 4.49. The normalized spacial score (nSPS) is 12.4. The van der Waals surface area contributed by atoms with E-state index in [0.717, 1.165) is 0 Å². The van der Waals surface area contributed by atoms with Gasteiger partial charge in [0.05, 0.1) is 13.2 Å². The Morgan fingerprint density at radius 3 is 1.35 bits per heavy atom. The number of carbonyl (C=O) groups is 1. The minimum Gasteiger partial charge on any atom is -0.329 e. The first-order chi connectivity index (χ1) is 13.1. The second-order valence-electron chi connectivity index (χ2n) is 4.82. The Morgan fingerprint density at radius 2 is 0.971 bits per heavy atom. The first-order valence-electron chi connectivity index (χ1n) is 8.16. The number of carbonyl (C=O) groups excluding carboxylic acids is 1. The van der Waals surface area contributed by atoms with Crippen LogP contribution < -0.4 is 21.7 Å². The average Bonchev–Trinajstić information content (AvgIpc) is 2.58. The maximum atomic E-state index is 10.9. The maximum absolute atomic E-state index is 10.9. The van der Waals surface area contributed by atoms with E-state index in [1.165, 1.54) is 26.7 Å². The van der Waals surface area contributed by atoms with Crippen LogP contribution >= 0.6 is 32.1 Å². The van der Waals surface area contributed by atoms with Crippen LogP contribution in [0.15, 0.2) is 0 Å². The Labute approximate surface area is 356 Å². The zero-order valence-electron chi connectivity index (χ0n) is 19.9. The summed E-state index contributed by atoms with van der Waals surface area (Å²) in [6.45, 7) is 7.37. The van der Waals surface area contributed by atoms with Crippen molar-refractivity contribution in [3.05, 3.63) is 0 Å². The molecule has 1 amide bonds. The molecular weight excluding hydrogens is 989 g/mol. The molecule has 23 heteroatoms. The van der Waals surface area contributed by atoms with Crippen molar-refractivity contribution in [2.45, 2.75) is 0 Å². The molecule has 0 saturated heterocycles. The molecule has 0 aliphatic heterocycles. The van der Waals surface area contributed by atoms with Crippen LogP contribution in [-0.2, 0) is 237 Å². The van der Waals surface area contributed by atoms with Crippen LogP contribution in [0, 0.1) is 0 Å². The number of nitrogens with one attached hydrogen (secondary N) is 4. The minimum atomic E-state index is -2.08. The molecule has 4 unspecified atom stereocenters. The smallest absolute Gasteiger partial charge is 0.260 e. The average molecular weight is 1020 g/mol. The van der Waals surface area contributed by atoms with Crippen LogP contribution in [0.1, 0.15) is 0 Å². The Bertz CT molecular complexity index is 517. The van der Waals surface area contributed by atoms with Gasteiger partial charge in [0.25, 0.3) is 5.91 Å². The molecular formula is C11H32N4O9P4Y6. The quantitative estimate of drug-likeness (QED) is 0.0715. The van der Waals surface area contributed by atoms with Crippen molar-refractivity contribution >= 4 is 38.0 Å². The van der Waals surface area contributed by atoms with E-state index in [1.54, 1.807) is 0 Å². The van der Waals surface area contributed by atoms with Gasteiger partial charge >= 0.3 is 0 Å². The van der Waals surface area contributed by atoms with Crippen molar-refractivity contribution in [2.75, 3.05) is 66.3 Å². The third kappa shape index (κ3) is 62.4. The molecule has 4 N–H and O–H groups in total. The fourth-order valence-corrected chi connectivity index (χ4v) is 2.52. The van der Waals surface area contributed by atoms with Crippen molar-refractivity contribution in [2.24, 2.45) is 0 Å². The Balaban J connectivity index is -0.0000000567. The van der Waals surface area contributed by atoms with Gasteiger partial charge < -0.3 is 18.1 Å². The number of hydrazine groups is 2. The van der Waals surface area contributed by atoms with E-state index in [-0.39, 0.29) is 216 Å². The van der Waals surface area contributed by atoms with Gasteiger partial charge in [0, 0.05) is 236 Å². The molecule has 0 saturated carbocycles. The van der Waals surface area contributed by atoms with Crippen molar-refractivity contribution in [3.63, 3.8) is 0 Å². The topological polar surface area (TPSA) is 170 Å². The molecule has 0 spiro atoms. The van der Waals surface area contributed by atoms with E-state index in [0.29, 0.717) is 19.7 Å². The molecule has 0 fully saturated rings. The van der Waals surface area contributed by atoms with E-state index in [9.17, 15) is 23.1 Å².